The number of hydrogen-bond donors (Lipinski definition) is 0. The van der Waals surface area contributed by atoms with Crippen molar-refractivity contribution in [3.8, 4) is 22.3 Å². The Kier molecular flexibility index (Phi) is 4.23. The maximum absolute atomic E-state index is 9.00. The van der Waals surface area contributed by atoms with Crippen LogP contribution in [-0.4, -0.2) is 0 Å². The normalized spacial score (nSPS) is 15.5. The predicted molar refractivity (Wildman–Crippen MR) is 189 cm³/mol. The molecule has 0 unspecified atom stereocenters. The van der Waals surface area contributed by atoms with Crippen LogP contribution in [0.3, 0.4) is 0 Å². The van der Waals surface area contributed by atoms with Gasteiger partial charge in [0.1, 0.15) is 11.2 Å². The molecule has 1 aliphatic carbocycles. The number of nitrogens with zero attached hydrogens (tertiary/aromatic N) is 1. The molecule has 0 saturated heterocycles. The predicted octanol–water partition coefficient (Wildman–Crippen LogP) is 12.2. The van der Waals surface area contributed by atoms with E-state index < -0.39 is 18.1 Å². The van der Waals surface area contributed by atoms with Gasteiger partial charge in [-0.2, -0.15) is 0 Å². The van der Waals surface area contributed by atoms with E-state index in [1.54, 1.807) is 12.1 Å². The van der Waals surface area contributed by atoms with E-state index in [-0.39, 0.29) is 45.9 Å². The van der Waals surface area contributed by atoms with Gasteiger partial charge in [0.05, 0.1) is 9.60 Å². The molecule has 0 spiro atoms. The number of benzene rings is 7. The Balaban J connectivity index is 1.18. The molecule has 0 atom stereocenters. The molecule has 1 heterocycles. The van der Waals surface area contributed by atoms with E-state index in [4.69, 9.17) is 14.0 Å². The lowest BCUT2D eigenvalue weighted by molar-refractivity contribution is 0.653. The first-order valence-corrected chi connectivity index (χ1v) is 15.0. The summed E-state index contributed by atoms with van der Waals surface area (Å²) in [5.41, 5.74) is 9.54. The largest absolute Gasteiger partial charge is 0.455 e. The van der Waals surface area contributed by atoms with Gasteiger partial charge in [0, 0.05) is 38.8 Å². The lowest BCUT2D eigenvalue weighted by Gasteiger charge is -2.28. The third-order valence-corrected chi connectivity index (χ3v) is 9.10. The van der Waals surface area contributed by atoms with Crippen molar-refractivity contribution < 1.29 is 14.0 Å². The van der Waals surface area contributed by atoms with E-state index in [1.807, 2.05) is 60.7 Å². The second-order valence-electron chi connectivity index (χ2n) is 12.0. The minimum absolute atomic E-state index is 0.0568. The van der Waals surface area contributed by atoms with Crippen molar-refractivity contribution in [1.29, 1.82) is 0 Å². The summed E-state index contributed by atoms with van der Waals surface area (Å²) in [7, 11) is 0. The average molecular weight is 585 g/mol. The van der Waals surface area contributed by atoms with E-state index in [0.717, 1.165) is 50.1 Å². The molecule has 45 heavy (non-hydrogen) atoms. The van der Waals surface area contributed by atoms with Crippen LogP contribution in [0.1, 0.15) is 34.6 Å². The summed E-state index contributed by atoms with van der Waals surface area (Å²) >= 11 is 0. The van der Waals surface area contributed by atoms with E-state index in [0.29, 0.717) is 5.56 Å². The van der Waals surface area contributed by atoms with Crippen molar-refractivity contribution in [2.45, 2.75) is 19.3 Å². The summed E-state index contributed by atoms with van der Waals surface area (Å²) in [6.07, 6.45) is 0. The number of hydrogen-bond acceptors (Lipinski definition) is 2. The summed E-state index contributed by atoms with van der Waals surface area (Å²) in [4.78, 5) is 2.16. The molecule has 0 N–H and O–H groups in total. The topological polar surface area (TPSA) is 16.4 Å². The van der Waals surface area contributed by atoms with Crippen molar-refractivity contribution >= 4 is 49.8 Å². The van der Waals surface area contributed by atoms with Crippen molar-refractivity contribution in [2.24, 2.45) is 0 Å². The minimum Gasteiger partial charge on any atom is -0.455 e. The van der Waals surface area contributed by atoms with Crippen LogP contribution in [0.15, 0.2) is 156 Å². The zero-order valence-electron chi connectivity index (χ0n) is 31.7. The highest BCUT2D eigenvalue weighted by atomic mass is 16.3. The van der Waals surface area contributed by atoms with Crippen molar-refractivity contribution in [1.82, 2.24) is 0 Å². The van der Waals surface area contributed by atoms with Crippen LogP contribution in [0.5, 0.6) is 0 Å². The molecule has 0 fully saturated rings. The third kappa shape index (κ3) is 3.96. The molecule has 2 heteroatoms. The maximum Gasteiger partial charge on any atom is 0.143 e. The highest BCUT2D eigenvalue weighted by Gasteiger charge is 2.38. The summed E-state index contributed by atoms with van der Waals surface area (Å²) in [6.45, 7) is 4.50. The first kappa shape index (κ1) is 19.6. The molecule has 0 saturated carbocycles. The van der Waals surface area contributed by atoms with Crippen molar-refractivity contribution in [3.63, 3.8) is 0 Å². The summed E-state index contributed by atoms with van der Waals surface area (Å²) < 4.78 is 66.1. The minimum atomic E-state index is -0.482. The standard InChI is InChI=1S/C43H31NO/c1-43(2)38-25-24-36-35-14-8-9-15-40(35)45-42(36)41(38)37-23-22-34(27-39(37)43)44(32-12-4-3-5-13-32)33-20-18-29(19-21-33)31-17-16-28-10-6-7-11-30(28)26-31/h3-27H,1-2H3/i6D,7D,10D,11D,16D,17D,26D. The fourth-order valence-corrected chi connectivity index (χ4v) is 6.86. The molecule has 7 aromatic carbocycles. The quantitative estimate of drug-likeness (QED) is 0.205. The van der Waals surface area contributed by atoms with Gasteiger partial charge in [-0.25, -0.2) is 0 Å². The van der Waals surface area contributed by atoms with Crippen LogP contribution < -0.4 is 4.90 Å². The van der Waals surface area contributed by atoms with Crippen LogP contribution in [0, 0.1) is 0 Å². The van der Waals surface area contributed by atoms with Gasteiger partial charge < -0.3 is 9.32 Å². The second kappa shape index (κ2) is 9.70. The molecule has 1 aromatic heterocycles. The monoisotopic (exact) mass is 584 g/mol. The Morgan fingerprint density at radius 3 is 2.18 bits per heavy atom. The summed E-state index contributed by atoms with van der Waals surface area (Å²) in [5.74, 6) is 0. The van der Waals surface area contributed by atoms with Crippen LogP contribution in [0.2, 0.25) is 0 Å². The van der Waals surface area contributed by atoms with Crippen LogP contribution >= 0.6 is 0 Å². The summed E-state index contributed by atoms with van der Waals surface area (Å²) in [5, 5.41) is 2.03. The third-order valence-electron chi connectivity index (χ3n) is 9.10. The van der Waals surface area contributed by atoms with Crippen LogP contribution in [-0.2, 0) is 5.41 Å². The average Bonchev–Trinajstić information content (AvgIpc) is 3.64. The zero-order chi connectivity index (χ0) is 36.2. The molecule has 0 radical (unpaired) electrons. The van der Waals surface area contributed by atoms with Gasteiger partial charge in [-0.3, -0.25) is 0 Å². The smallest absolute Gasteiger partial charge is 0.143 e. The number of fused-ring (bicyclic) bond motifs is 8. The fraction of sp³-hybridized carbons (Fsp3) is 0.0698. The number of furan rings is 1. The van der Waals surface area contributed by atoms with Crippen molar-refractivity contribution in [2.75, 3.05) is 4.90 Å². The van der Waals surface area contributed by atoms with Crippen LogP contribution in [0.4, 0.5) is 17.1 Å². The molecule has 214 valence electrons. The Labute approximate surface area is 272 Å². The first-order chi connectivity index (χ1) is 25.0. The van der Waals surface area contributed by atoms with E-state index >= 15 is 0 Å². The van der Waals surface area contributed by atoms with Crippen LogP contribution in [0.25, 0.3) is 55.0 Å². The molecule has 9 rings (SSSR count). The van der Waals surface area contributed by atoms with Gasteiger partial charge in [0.2, 0.25) is 0 Å². The number of para-hydroxylation sites is 2. The second-order valence-corrected chi connectivity index (χ2v) is 12.0. The molecule has 0 amide bonds. The van der Waals surface area contributed by atoms with Gasteiger partial charge in [-0.15, -0.1) is 0 Å². The van der Waals surface area contributed by atoms with Crippen molar-refractivity contribution in [3.05, 3.63) is 163 Å². The van der Waals surface area contributed by atoms with E-state index in [1.165, 1.54) is 11.1 Å². The highest BCUT2D eigenvalue weighted by molar-refractivity contribution is 6.12. The number of rotatable bonds is 4. The Morgan fingerprint density at radius 2 is 1.33 bits per heavy atom. The Hall–Kier alpha value is -5.60. The van der Waals surface area contributed by atoms with E-state index in [2.05, 4.69) is 55.1 Å². The maximum atomic E-state index is 9.00. The molecular formula is C43H31NO. The molecule has 8 aromatic rings. The molecule has 0 aliphatic heterocycles. The van der Waals surface area contributed by atoms with Gasteiger partial charge in [-0.05, 0) is 87.1 Å². The lowest BCUT2D eigenvalue weighted by Crippen LogP contribution is -2.16. The Bertz CT molecular complexity index is 2790. The lowest BCUT2D eigenvalue weighted by atomic mass is 9.82. The van der Waals surface area contributed by atoms with Gasteiger partial charge in [0.15, 0.2) is 0 Å². The number of anilines is 3. The van der Waals surface area contributed by atoms with Gasteiger partial charge in [0.25, 0.3) is 0 Å². The molecular weight excluding hydrogens is 546 g/mol. The van der Waals surface area contributed by atoms with E-state index in [9.17, 15) is 0 Å². The molecule has 1 aliphatic rings. The fourth-order valence-electron chi connectivity index (χ4n) is 6.86. The summed E-state index contributed by atoms with van der Waals surface area (Å²) in [6, 6.07) is 34.1. The molecule has 0 bridgehead atoms. The van der Waals surface area contributed by atoms with Gasteiger partial charge >= 0.3 is 0 Å². The highest BCUT2D eigenvalue weighted by Crippen LogP contribution is 2.54. The first-order valence-electron chi connectivity index (χ1n) is 18.5. The Morgan fingerprint density at radius 1 is 0.600 bits per heavy atom. The zero-order valence-corrected chi connectivity index (χ0v) is 24.7. The van der Waals surface area contributed by atoms with Gasteiger partial charge in [-0.1, -0.05) is 117 Å². The SMILES string of the molecule is [2H]c1c([2H])c([2H])c2c([2H])c(-c3ccc(N(c4ccccc4)c4ccc5c(c4)C(C)(C)c4ccc6c(oc7ccccc76)c4-5)cc3)c([2H])c([2H])c2c1[2H]. The molecule has 2 nitrogen and oxygen atoms in total.